The van der Waals surface area contributed by atoms with E-state index < -0.39 is 0 Å². The minimum absolute atomic E-state index is 0.0303. The van der Waals surface area contributed by atoms with E-state index in [0.29, 0.717) is 12.1 Å². The zero-order chi connectivity index (χ0) is 14.7. The summed E-state index contributed by atoms with van der Waals surface area (Å²) in [6.45, 7) is 0.626. The summed E-state index contributed by atoms with van der Waals surface area (Å²) in [7, 11) is 0. The number of fused-ring (bicyclic) bond motifs is 1. The highest BCUT2D eigenvalue weighted by Crippen LogP contribution is 2.17. The van der Waals surface area contributed by atoms with Crippen LogP contribution in [0.1, 0.15) is 15.9 Å². The molecular weight excluding hydrogens is 328 g/mol. The molecule has 0 fully saturated rings. The van der Waals surface area contributed by atoms with E-state index in [1.54, 1.807) is 0 Å². The summed E-state index contributed by atoms with van der Waals surface area (Å²) >= 11 is 3.41. The minimum atomic E-state index is -0.0303. The largest absolute Gasteiger partial charge is 0.361 e. The van der Waals surface area contributed by atoms with Crippen molar-refractivity contribution in [1.29, 1.82) is 0 Å². The number of H-pyrrole nitrogens is 1. The van der Waals surface area contributed by atoms with Crippen molar-refractivity contribution in [2.75, 3.05) is 6.54 Å². The van der Waals surface area contributed by atoms with Gasteiger partial charge in [0.25, 0.3) is 5.91 Å². The molecule has 3 nitrogen and oxygen atoms in total. The Morgan fingerprint density at radius 1 is 1.10 bits per heavy atom. The number of nitrogens with one attached hydrogen (secondary N) is 2. The van der Waals surface area contributed by atoms with Gasteiger partial charge in [-0.3, -0.25) is 4.79 Å². The smallest absolute Gasteiger partial charge is 0.251 e. The number of halogens is 1. The second-order valence-corrected chi connectivity index (χ2v) is 5.79. The van der Waals surface area contributed by atoms with Crippen LogP contribution in [0.4, 0.5) is 0 Å². The average molecular weight is 343 g/mol. The molecule has 0 saturated carbocycles. The van der Waals surface area contributed by atoms with Crippen molar-refractivity contribution in [3.8, 4) is 0 Å². The number of benzene rings is 2. The lowest BCUT2D eigenvalue weighted by Crippen LogP contribution is -2.25. The highest BCUT2D eigenvalue weighted by Gasteiger charge is 2.09. The van der Waals surface area contributed by atoms with Gasteiger partial charge in [0, 0.05) is 33.7 Å². The average Bonchev–Trinajstić information content (AvgIpc) is 2.97. The molecule has 1 aromatic heterocycles. The number of carbonyl (C=O) groups is 1. The predicted octanol–water partition coefficient (Wildman–Crippen LogP) is 3.90. The minimum Gasteiger partial charge on any atom is -0.361 e. The summed E-state index contributed by atoms with van der Waals surface area (Å²) in [4.78, 5) is 15.4. The van der Waals surface area contributed by atoms with Crippen LogP contribution in [0, 0.1) is 0 Å². The molecule has 106 valence electrons. The maximum absolute atomic E-state index is 12.3. The third-order valence-corrected chi connectivity index (χ3v) is 3.98. The number of hydrogen-bond acceptors (Lipinski definition) is 1. The fourth-order valence-electron chi connectivity index (χ4n) is 2.35. The molecule has 0 aliphatic carbocycles. The first-order valence-corrected chi connectivity index (χ1v) is 7.62. The molecule has 4 heteroatoms. The first-order chi connectivity index (χ1) is 10.2. The van der Waals surface area contributed by atoms with Crippen molar-refractivity contribution in [3.63, 3.8) is 0 Å². The van der Waals surface area contributed by atoms with E-state index in [1.807, 2.05) is 42.6 Å². The van der Waals surface area contributed by atoms with Gasteiger partial charge in [0.15, 0.2) is 0 Å². The highest BCUT2D eigenvalue weighted by molar-refractivity contribution is 9.10. The van der Waals surface area contributed by atoms with E-state index in [4.69, 9.17) is 0 Å². The molecule has 3 aromatic rings. The lowest BCUT2D eigenvalue weighted by molar-refractivity contribution is 0.0956. The Morgan fingerprint density at radius 3 is 2.71 bits per heavy atom. The Kier molecular flexibility index (Phi) is 4.06. The molecule has 0 saturated heterocycles. The molecule has 0 bridgehead atoms. The molecule has 0 unspecified atom stereocenters. The normalized spacial score (nSPS) is 10.7. The number of aromatic amines is 1. The Bertz CT molecular complexity index is 762. The van der Waals surface area contributed by atoms with E-state index in [0.717, 1.165) is 21.8 Å². The second kappa shape index (κ2) is 6.14. The van der Waals surface area contributed by atoms with Crippen LogP contribution in [-0.4, -0.2) is 17.4 Å². The summed E-state index contributed by atoms with van der Waals surface area (Å²) in [6.07, 6.45) is 2.67. The summed E-state index contributed by atoms with van der Waals surface area (Å²) in [5.74, 6) is -0.0303. The molecule has 0 radical (unpaired) electrons. The number of amides is 1. The van der Waals surface area contributed by atoms with Crippen molar-refractivity contribution < 1.29 is 4.79 Å². The standard InChI is InChI=1S/C17H15BrN2O/c18-13-6-4-12(5-7-13)8-10-20-17(21)15-2-1-3-16-14(15)9-11-19-16/h1-7,9,11,19H,8,10H2,(H,20,21). The molecule has 0 atom stereocenters. The fraction of sp³-hybridized carbons (Fsp3) is 0.118. The van der Waals surface area contributed by atoms with Gasteiger partial charge in [0.1, 0.15) is 0 Å². The van der Waals surface area contributed by atoms with Crippen LogP contribution in [0.3, 0.4) is 0 Å². The molecule has 21 heavy (non-hydrogen) atoms. The van der Waals surface area contributed by atoms with Crippen LogP contribution in [0.2, 0.25) is 0 Å². The van der Waals surface area contributed by atoms with Crippen LogP contribution >= 0.6 is 15.9 Å². The Morgan fingerprint density at radius 2 is 1.90 bits per heavy atom. The van der Waals surface area contributed by atoms with Gasteiger partial charge in [-0.2, -0.15) is 0 Å². The van der Waals surface area contributed by atoms with Gasteiger partial charge in [-0.25, -0.2) is 0 Å². The van der Waals surface area contributed by atoms with E-state index in [-0.39, 0.29) is 5.91 Å². The zero-order valence-electron chi connectivity index (χ0n) is 11.4. The van der Waals surface area contributed by atoms with Gasteiger partial charge in [0.05, 0.1) is 0 Å². The number of carbonyl (C=O) groups excluding carboxylic acids is 1. The lowest BCUT2D eigenvalue weighted by Gasteiger charge is -2.06. The number of hydrogen-bond donors (Lipinski definition) is 2. The van der Waals surface area contributed by atoms with Crippen molar-refractivity contribution >= 4 is 32.7 Å². The first kappa shape index (κ1) is 13.9. The number of aromatic nitrogens is 1. The maximum atomic E-state index is 12.3. The lowest BCUT2D eigenvalue weighted by atomic mass is 10.1. The number of rotatable bonds is 4. The van der Waals surface area contributed by atoms with Crippen molar-refractivity contribution in [2.45, 2.75) is 6.42 Å². The third-order valence-electron chi connectivity index (χ3n) is 3.45. The second-order valence-electron chi connectivity index (χ2n) is 4.88. The zero-order valence-corrected chi connectivity index (χ0v) is 13.0. The van der Waals surface area contributed by atoms with Crippen molar-refractivity contribution in [3.05, 3.63) is 70.3 Å². The monoisotopic (exact) mass is 342 g/mol. The SMILES string of the molecule is O=C(NCCc1ccc(Br)cc1)c1cccc2[nH]ccc12. The Hall–Kier alpha value is -2.07. The van der Waals surface area contributed by atoms with Crippen LogP contribution in [-0.2, 0) is 6.42 Å². The van der Waals surface area contributed by atoms with E-state index in [2.05, 4.69) is 38.4 Å². The highest BCUT2D eigenvalue weighted by atomic mass is 79.9. The molecule has 2 aromatic carbocycles. The van der Waals surface area contributed by atoms with Gasteiger partial charge in [-0.05, 0) is 42.3 Å². The molecule has 0 aliphatic heterocycles. The van der Waals surface area contributed by atoms with Crippen LogP contribution in [0.5, 0.6) is 0 Å². The van der Waals surface area contributed by atoms with Gasteiger partial charge < -0.3 is 10.3 Å². The topological polar surface area (TPSA) is 44.9 Å². The third kappa shape index (κ3) is 3.16. The molecule has 0 spiro atoms. The molecule has 3 rings (SSSR count). The molecule has 1 heterocycles. The van der Waals surface area contributed by atoms with Gasteiger partial charge in [-0.1, -0.05) is 34.1 Å². The summed E-state index contributed by atoms with van der Waals surface area (Å²) in [6, 6.07) is 15.8. The van der Waals surface area contributed by atoms with E-state index in [9.17, 15) is 4.79 Å². The van der Waals surface area contributed by atoms with E-state index in [1.165, 1.54) is 5.56 Å². The summed E-state index contributed by atoms with van der Waals surface area (Å²) in [5, 5.41) is 3.94. The van der Waals surface area contributed by atoms with Gasteiger partial charge in [-0.15, -0.1) is 0 Å². The fourth-order valence-corrected chi connectivity index (χ4v) is 2.61. The van der Waals surface area contributed by atoms with Gasteiger partial charge >= 0.3 is 0 Å². The van der Waals surface area contributed by atoms with Crippen LogP contribution in [0.25, 0.3) is 10.9 Å². The summed E-state index contributed by atoms with van der Waals surface area (Å²) in [5.41, 5.74) is 2.90. The molecule has 0 aliphatic rings. The van der Waals surface area contributed by atoms with Crippen molar-refractivity contribution in [2.24, 2.45) is 0 Å². The molecule has 1 amide bonds. The molecule has 2 N–H and O–H groups in total. The Balaban J connectivity index is 1.64. The first-order valence-electron chi connectivity index (χ1n) is 6.83. The Labute approximate surface area is 131 Å². The summed E-state index contributed by atoms with van der Waals surface area (Å²) < 4.78 is 1.06. The maximum Gasteiger partial charge on any atom is 0.251 e. The quantitative estimate of drug-likeness (QED) is 0.741. The van der Waals surface area contributed by atoms with Crippen LogP contribution in [0.15, 0.2) is 59.2 Å². The van der Waals surface area contributed by atoms with Crippen molar-refractivity contribution in [1.82, 2.24) is 10.3 Å². The van der Waals surface area contributed by atoms with Gasteiger partial charge in [0.2, 0.25) is 0 Å². The predicted molar refractivity (Wildman–Crippen MR) is 88.5 cm³/mol. The molecular formula is C17H15BrN2O. The van der Waals surface area contributed by atoms with E-state index >= 15 is 0 Å². The van der Waals surface area contributed by atoms with Crippen LogP contribution < -0.4 is 5.32 Å².